The first kappa shape index (κ1) is 22.0. The van der Waals surface area contributed by atoms with Crippen LogP contribution in [0.4, 0.5) is 0 Å². The third-order valence-corrected chi connectivity index (χ3v) is 4.68. The second-order valence-corrected chi connectivity index (χ2v) is 7.89. The van der Waals surface area contributed by atoms with Gasteiger partial charge in [-0.3, -0.25) is 9.59 Å². The molecular formula is C22H27BrN2O3. The van der Waals surface area contributed by atoms with E-state index in [1.807, 2.05) is 45.9 Å². The lowest BCUT2D eigenvalue weighted by atomic mass is 10.1. The molecular weight excluding hydrogens is 420 g/mol. The molecule has 1 atom stereocenters. The zero-order valence-electron chi connectivity index (χ0n) is 16.7. The van der Waals surface area contributed by atoms with E-state index < -0.39 is 0 Å². The number of hydrogen-bond acceptors (Lipinski definition) is 3. The highest BCUT2D eigenvalue weighted by molar-refractivity contribution is 9.10. The molecule has 0 aliphatic heterocycles. The van der Waals surface area contributed by atoms with Gasteiger partial charge >= 0.3 is 0 Å². The van der Waals surface area contributed by atoms with Crippen LogP contribution >= 0.6 is 15.9 Å². The van der Waals surface area contributed by atoms with Crippen molar-refractivity contribution < 1.29 is 14.3 Å². The van der Waals surface area contributed by atoms with Gasteiger partial charge in [-0.25, -0.2) is 0 Å². The van der Waals surface area contributed by atoms with Crippen molar-refractivity contribution in [2.24, 2.45) is 0 Å². The van der Waals surface area contributed by atoms with Gasteiger partial charge in [-0.1, -0.05) is 35.0 Å². The van der Waals surface area contributed by atoms with Crippen molar-refractivity contribution in [3.63, 3.8) is 0 Å². The van der Waals surface area contributed by atoms with Gasteiger partial charge in [0.15, 0.2) is 0 Å². The fourth-order valence-electron chi connectivity index (χ4n) is 2.54. The van der Waals surface area contributed by atoms with Crippen molar-refractivity contribution in [1.82, 2.24) is 10.6 Å². The molecule has 2 aromatic carbocycles. The number of carbonyl (C=O) groups excluding carboxylic acids is 2. The first-order valence-electron chi connectivity index (χ1n) is 9.44. The van der Waals surface area contributed by atoms with Crippen molar-refractivity contribution in [3.8, 4) is 5.75 Å². The van der Waals surface area contributed by atoms with Gasteiger partial charge in [-0.15, -0.1) is 0 Å². The maximum atomic E-state index is 12.6. The Morgan fingerprint density at radius 3 is 2.50 bits per heavy atom. The predicted octanol–water partition coefficient (Wildman–Crippen LogP) is 4.69. The largest absolute Gasteiger partial charge is 0.490 e. The number of halogens is 1. The molecule has 1 unspecified atom stereocenters. The zero-order chi connectivity index (χ0) is 20.7. The summed E-state index contributed by atoms with van der Waals surface area (Å²) >= 11 is 3.41. The summed E-state index contributed by atoms with van der Waals surface area (Å²) in [6.45, 7) is 8.14. The Morgan fingerprint density at radius 2 is 1.82 bits per heavy atom. The van der Waals surface area contributed by atoms with Crippen LogP contribution < -0.4 is 15.4 Å². The molecule has 0 aliphatic rings. The van der Waals surface area contributed by atoms with E-state index in [2.05, 4.69) is 26.6 Å². The van der Waals surface area contributed by atoms with Crippen molar-refractivity contribution in [3.05, 3.63) is 63.6 Å². The van der Waals surface area contributed by atoms with Crippen LogP contribution in [-0.2, 0) is 6.54 Å². The van der Waals surface area contributed by atoms with Gasteiger partial charge in [0.05, 0.1) is 11.7 Å². The second-order valence-electron chi connectivity index (χ2n) is 6.97. The normalized spacial score (nSPS) is 11.8. The molecule has 0 aromatic heterocycles. The van der Waals surface area contributed by atoms with E-state index in [-0.39, 0.29) is 24.0 Å². The Balaban J connectivity index is 2.07. The number of amides is 2. The number of hydrogen-bond donors (Lipinski definition) is 2. The summed E-state index contributed by atoms with van der Waals surface area (Å²) in [6, 6.07) is 12.7. The lowest BCUT2D eigenvalue weighted by molar-refractivity contribution is 0.0935. The van der Waals surface area contributed by atoms with Gasteiger partial charge < -0.3 is 15.4 Å². The van der Waals surface area contributed by atoms with E-state index in [0.29, 0.717) is 23.4 Å². The first-order valence-corrected chi connectivity index (χ1v) is 10.2. The maximum Gasteiger partial charge on any atom is 0.255 e. The van der Waals surface area contributed by atoms with Crippen LogP contribution in [0.1, 0.15) is 60.4 Å². The van der Waals surface area contributed by atoms with Gasteiger partial charge in [0.25, 0.3) is 11.8 Å². The highest BCUT2D eigenvalue weighted by Crippen LogP contribution is 2.25. The number of rotatable bonds is 8. The molecule has 0 aliphatic carbocycles. The Bertz CT molecular complexity index is 836. The van der Waals surface area contributed by atoms with E-state index >= 15 is 0 Å². The number of benzene rings is 2. The monoisotopic (exact) mass is 446 g/mol. The molecule has 0 bridgehead atoms. The highest BCUT2D eigenvalue weighted by Gasteiger charge is 2.15. The van der Waals surface area contributed by atoms with E-state index in [4.69, 9.17) is 4.74 Å². The smallest absolute Gasteiger partial charge is 0.255 e. The topological polar surface area (TPSA) is 67.4 Å². The molecule has 28 heavy (non-hydrogen) atoms. The standard InChI is InChI=1S/C22H27BrN2O3/c1-5-15(4)25-21(26)17-8-6-7-16(11-17)13-24-22(27)19-10-9-18(23)12-20(19)28-14(2)3/h6-12,14-15H,5,13H2,1-4H3,(H,24,27)(H,25,26). The van der Waals surface area contributed by atoms with E-state index in [0.717, 1.165) is 16.5 Å². The van der Waals surface area contributed by atoms with Crippen molar-refractivity contribution in [2.75, 3.05) is 0 Å². The summed E-state index contributed by atoms with van der Waals surface area (Å²) in [5, 5.41) is 5.85. The van der Waals surface area contributed by atoms with E-state index in [9.17, 15) is 9.59 Å². The molecule has 5 nitrogen and oxygen atoms in total. The van der Waals surface area contributed by atoms with Crippen LogP contribution in [-0.4, -0.2) is 24.0 Å². The number of nitrogens with one attached hydrogen (secondary N) is 2. The van der Waals surface area contributed by atoms with Gasteiger partial charge in [-0.05, 0) is 63.1 Å². The minimum absolute atomic E-state index is 0.0402. The van der Waals surface area contributed by atoms with Gasteiger partial charge in [0.1, 0.15) is 5.75 Å². The molecule has 0 saturated heterocycles. The minimum Gasteiger partial charge on any atom is -0.490 e. The van der Waals surface area contributed by atoms with E-state index in [1.54, 1.807) is 24.3 Å². The average molecular weight is 447 g/mol. The number of ether oxygens (including phenoxy) is 1. The van der Waals surface area contributed by atoms with Crippen LogP contribution in [0.15, 0.2) is 46.9 Å². The van der Waals surface area contributed by atoms with Crippen LogP contribution in [0, 0.1) is 0 Å². The number of carbonyl (C=O) groups is 2. The van der Waals surface area contributed by atoms with Crippen molar-refractivity contribution >= 4 is 27.7 Å². The molecule has 2 aromatic rings. The SMILES string of the molecule is CCC(C)NC(=O)c1cccc(CNC(=O)c2ccc(Br)cc2OC(C)C)c1. The fraction of sp³-hybridized carbons (Fsp3) is 0.364. The van der Waals surface area contributed by atoms with Crippen molar-refractivity contribution in [1.29, 1.82) is 0 Å². The van der Waals surface area contributed by atoms with Crippen LogP contribution in [0.2, 0.25) is 0 Å². The minimum atomic E-state index is -0.224. The summed E-state index contributed by atoms with van der Waals surface area (Å²) in [4.78, 5) is 24.9. The summed E-state index contributed by atoms with van der Waals surface area (Å²) in [5.41, 5.74) is 1.91. The van der Waals surface area contributed by atoms with Crippen molar-refractivity contribution in [2.45, 2.75) is 52.8 Å². The summed E-state index contributed by atoms with van der Waals surface area (Å²) in [5.74, 6) is 0.198. The van der Waals surface area contributed by atoms with Gasteiger partial charge in [0, 0.05) is 22.6 Å². The zero-order valence-corrected chi connectivity index (χ0v) is 18.3. The summed E-state index contributed by atoms with van der Waals surface area (Å²) in [6.07, 6.45) is 0.830. The van der Waals surface area contributed by atoms with Gasteiger partial charge in [0.2, 0.25) is 0 Å². The van der Waals surface area contributed by atoms with Gasteiger partial charge in [-0.2, -0.15) is 0 Å². The molecule has 6 heteroatoms. The lowest BCUT2D eigenvalue weighted by Crippen LogP contribution is -2.32. The Labute approximate surface area is 175 Å². The molecule has 0 spiro atoms. The fourth-order valence-corrected chi connectivity index (χ4v) is 2.88. The third kappa shape index (κ3) is 6.37. The quantitative estimate of drug-likeness (QED) is 0.617. The molecule has 0 heterocycles. The summed E-state index contributed by atoms with van der Waals surface area (Å²) < 4.78 is 6.60. The molecule has 0 saturated carbocycles. The van der Waals surface area contributed by atoms with E-state index in [1.165, 1.54) is 0 Å². The van der Waals surface area contributed by atoms with Crippen LogP contribution in [0.3, 0.4) is 0 Å². The first-order chi connectivity index (χ1) is 13.3. The molecule has 150 valence electrons. The summed E-state index contributed by atoms with van der Waals surface area (Å²) in [7, 11) is 0. The van der Waals surface area contributed by atoms with Crippen LogP contribution in [0.5, 0.6) is 5.75 Å². The lowest BCUT2D eigenvalue weighted by Gasteiger charge is -2.15. The highest BCUT2D eigenvalue weighted by atomic mass is 79.9. The maximum absolute atomic E-state index is 12.6. The molecule has 0 fully saturated rings. The molecule has 2 N–H and O–H groups in total. The molecule has 0 radical (unpaired) electrons. The second kappa shape index (κ2) is 10.3. The predicted molar refractivity (Wildman–Crippen MR) is 115 cm³/mol. The average Bonchev–Trinajstić information content (AvgIpc) is 2.65. The Kier molecular flexibility index (Phi) is 8.05. The Hall–Kier alpha value is -2.34. The van der Waals surface area contributed by atoms with Crippen LogP contribution in [0.25, 0.3) is 0 Å². The third-order valence-electron chi connectivity index (χ3n) is 4.18. The Morgan fingerprint density at radius 1 is 1.07 bits per heavy atom. The molecule has 2 rings (SSSR count). The molecule has 2 amide bonds.